The molecule has 29 heavy (non-hydrogen) atoms. The Morgan fingerprint density at radius 3 is 2.62 bits per heavy atom. The fourth-order valence-electron chi connectivity index (χ4n) is 4.44. The molecule has 3 aliphatic rings. The molecule has 0 bridgehead atoms. The summed E-state index contributed by atoms with van der Waals surface area (Å²) in [6.45, 7) is 3.46. The van der Waals surface area contributed by atoms with E-state index in [0.29, 0.717) is 17.0 Å². The minimum Gasteiger partial charge on any atom is -0.402 e. The zero-order valence-electron chi connectivity index (χ0n) is 16.7. The Balaban J connectivity index is 1.22. The minimum absolute atomic E-state index is 0.0542. The van der Waals surface area contributed by atoms with Crippen LogP contribution >= 0.6 is 0 Å². The number of carbonyl (C=O) groups excluding carboxylic acids is 1. The highest BCUT2D eigenvalue weighted by Gasteiger charge is 2.45. The van der Waals surface area contributed by atoms with Gasteiger partial charge in [0.1, 0.15) is 11.7 Å². The second-order valence-corrected chi connectivity index (χ2v) is 8.89. The number of pyridine rings is 1. The van der Waals surface area contributed by atoms with Crippen LogP contribution in [0.2, 0.25) is 0 Å². The number of hydrogen-bond acceptors (Lipinski definition) is 6. The van der Waals surface area contributed by atoms with Crippen molar-refractivity contribution in [2.75, 3.05) is 18.4 Å². The number of amides is 1. The SMILES string of the molecule is C[C@H](Nc1nnc(-c2ccc(C3CCC3)c(=O)[nH]2)o1)C(=O)N1CCC2(CC1)CC2. The van der Waals surface area contributed by atoms with Crippen molar-refractivity contribution in [3.8, 4) is 11.6 Å². The molecule has 0 aromatic carbocycles. The quantitative estimate of drug-likeness (QED) is 0.804. The molecular formula is C21H27N5O3. The van der Waals surface area contributed by atoms with E-state index in [9.17, 15) is 9.59 Å². The molecule has 3 fully saturated rings. The van der Waals surface area contributed by atoms with Crippen molar-refractivity contribution in [2.24, 2.45) is 5.41 Å². The monoisotopic (exact) mass is 397 g/mol. The third-order valence-corrected chi connectivity index (χ3v) is 6.94. The summed E-state index contributed by atoms with van der Waals surface area (Å²) < 4.78 is 5.64. The predicted octanol–water partition coefficient (Wildman–Crippen LogP) is 2.90. The normalized spacial score (nSPS) is 21.6. The molecule has 1 atom stereocenters. The maximum Gasteiger partial charge on any atom is 0.316 e. The van der Waals surface area contributed by atoms with Gasteiger partial charge in [0.05, 0.1) is 0 Å². The molecule has 2 aromatic rings. The molecule has 1 saturated heterocycles. The van der Waals surface area contributed by atoms with Crippen LogP contribution in [-0.4, -0.2) is 45.1 Å². The van der Waals surface area contributed by atoms with Gasteiger partial charge in [0, 0.05) is 18.7 Å². The molecule has 3 heterocycles. The highest BCUT2D eigenvalue weighted by Crippen LogP contribution is 2.53. The van der Waals surface area contributed by atoms with Crippen molar-refractivity contribution < 1.29 is 9.21 Å². The second-order valence-electron chi connectivity index (χ2n) is 8.89. The van der Waals surface area contributed by atoms with Crippen molar-refractivity contribution in [1.82, 2.24) is 20.1 Å². The lowest BCUT2D eigenvalue weighted by molar-refractivity contribution is -0.133. The van der Waals surface area contributed by atoms with Gasteiger partial charge >= 0.3 is 6.01 Å². The van der Waals surface area contributed by atoms with E-state index in [4.69, 9.17) is 4.42 Å². The summed E-state index contributed by atoms with van der Waals surface area (Å²) in [5.74, 6) is 0.653. The Morgan fingerprint density at radius 2 is 2.00 bits per heavy atom. The fourth-order valence-corrected chi connectivity index (χ4v) is 4.44. The smallest absolute Gasteiger partial charge is 0.316 e. The van der Waals surface area contributed by atoms with Crippen LogP contribution in [0, 0.1) is 5.41 Å². The van der Waals surface area contributed by atoms with E-state index in [0.717, 1.165) is 44.3 Å². The number of nitrogens with zero attached hydrogens (tertiary/aromatic N) is 3. The lowest BCUT2D eigenvalue weighted by Crippen LogP contribution is -2.45. The number of carbonyl (C=O) groups is 1. The number of rotatable bonds is 5. The topological polar surface area (TPSA) is 104 Å². The molecule has 8 nitrogen and oxygen atoms in total. The Morgan fingerprint density at radius 1 is 1.24 bits per heavy atom. The number of likely N-dealkylation sites (tertiary alicyclic amines) is 1. The Bertz CT molecular complexity index is 963. The van der Waals surface area contributed by atoms with Crippen molar-refractivity contribution in [3.63, 3.8) is 0 Å². The molecule has 1 amide bonds. The maximum atomic E-state index is 12.7. The number of aromatic nitrogens is 3. The van der Waals surface area contributed by atoms with Crippen LogP contribution in [0.5, 0.6) is 0 Å². The number of piperidine rings is 1. The first-order valence-electron chi connectivity index (χ1n) is 10.7. The number of anilines is 1. The molecule has 2 aromatic heterocycles. The van der Waals surface area contributed by atoms with Crippen LogP contribution in [0.4, 0.5) is 6.01 Å². The molecule has 2 N–H and O–H groups in total. The summed E-state index contributed by atoms with van der Waals surface area (Å²) in [4.78, 5) is 29.8. The average Bonchev–Trinajstić information content (AvgIpc) is 3.26. The summed E-state index contributed by atoms with van der Waals surface area (Å²) in [6, 6.07) is 3.39. The standard InChI is InChI=1S/C21H27N5O3/c1-13(19(28)26-11-9-21(7-8-21)10-12-26)22-20-25-24-18(29-20)16-6-5-15(17(27)23-16)14-3-2-4-14/h5-6,13-14H,2-4,7-12H2,1H3,(H,22,25)(H,23,27)/t13-/m0/s1. The van der Waals surface area contributed by atoms with Gasteiger partial charge in [0.2, 0.25) is 5.91 Å². The third kappa shape index (κ3) is 3.56. The van der Waals surface area contributed by atoms with E-state index in [2.05, 4.69) is 20.5 Å². The molecule has 0 radical (unpaired) electrons. The molecule has 8 heteroatoms. The van der Waals surface area contributed by atoms with Gasteiger partial charge in [-0.1, -0.05) is 17.6 Å². The van der Waals surface area contributed by atoms with Gasteiger partial charge < -0.3 is 19.6 Å². The molecule has 0 unspecified atom stereocenters. The lowest BCUT2D eigenvalue weighted by Gasteiger charge is -2.33. The van der Waals surface area contributed by atoms with E-state index in [1.165, 1.54) is 19.3 Å². The minimum atomic E-state index is -0.448. The molecule has 1 aliphatic heterocycles. The highest BCUT2D eigenvalue weighted by atomic mass is 16.4. The Kier molecular flexibility index (Phi) is 4.44. The largest absolute Gasteiger partial charge is 0.402 e. The van der Waals surface area contributed by atoms with Gasteiger partial charge in [-0.3, -0.25) is 9.59 Å². The average molecular weight is 397 g/mol. The second kappa shape index (κ2) is 7.00. The van der Waals surface area contributed by atoms with Crippen molar-refractivity contribution in [1.29, 1.82) is 0 Å². The van der Waals surface area contributed by atoms with Crippen molar-refractivity contribution in [3.05, 3.63) is 28.0 Å². The van der Waals surface area contributed by atoms with Gasteiger partial charge in [-0.15, -0.1) is 5.10 Å². The highest BCUT2D eigenvalue weighted by molar-refractivity contribution is 5.83. The first-order valence-corrected chi connectivity index (χ1v) is 10.7. The molecule has 2 saturated carbocycles. The Hall–Kier alpha value is -2.64. The zero-order valence-corrected chi connectivity index (χ0v) is 16.7. The van der Waals surface area contributed by atoms with Gasteiger partial charge in [-0.25, -0.2) is 0 Å². The number of nitrogens with one attached hydrogen (secondary N) is 2. The lowest BCUT2D eigenvalue weighted by atomic mass is 9.80. The van der Waals surface area contributed by atoms with Crippen LogP contribution in [0.3, 0.4) is 0 Å². The van der Waals surface area contributed by atoms with E-state index >= 15 is 0 Å². The van der Waals surface area contributed by atoms with Gasteiger partial charge in [-0.2, -0.15) is 0 Å². The van der Waals surface area contributed by atoms with Crippen LogP contribution in [0.15, 0.2) is 21.3 Å². The maximum absolute atomic E-state index is 12.7. The summed E-state index contributed by atoms with van der Waals surface area (Å²) >= 11 is 0. The van der Waals surface area contributed by atoms with Crippen molar-refractivity contribution >= 4 is 11.9 Å². The summed E-state index contributed by atoms with van der Waals surface area (Å²) in [6.07, 6.45) is 8.18. The zero-order chi connectivity index (χ0) is 20.0. The summed E-state index contributed by atoms with van der Waals surface area (Å²) in [7, 11) is 0. The van der Waals surface area contributed by atoms with Crippen LogP contribution in [-0.2, 0) is 4.79 Å². The molecule has 1 spiro atoms. The fraction of sp³-hybridized carbons (Fsp3) is 0.619. The third-order valence-electron chi connectivity index (χ3n) is 6.94. The van der Waals surface area contributed by atoms with Crippen LogP contribution in [0.25, 0.3) is 11.6 Å². The van der Waals surface area contributed by atoms with Gasteiger partial charge in [0.25, 0.3) is 11.4 Å². The Labute approximate surface area is 169 Å². The van der Waals surface area contributed by atoms with E-state index in [1.54, 1.807) is 0 Å². The first kappa shape index (κ1) is 18.4. The van der Waals surface area contributed by atoms with Crippen LogP contribution in [0.1, 0.15) is 63.4 Å². The predicted molar refractivity (Wildman–Crippen MR) is 108 cm³/mol. The van der Waals surface area contributed by atoms with E-state index in [-0.39, 0.29) is 23.4 Å². The summed E-state index contributed by atoms with van der Waals surface area (Å²) in [5.41, 5.74) is 1.76. The summed E-state index contributed by atoms with van der Waals surface area (Å²) in [5, 5.41) is 11.0. The number of hydrogen-bond donors (Lipinski definition) is 2. The van der Waals surface area contributed by atoms with Gasteiger partial charge in [-0.05, 0) is 62.8 Å². The molecular weight excluding hydrogens is 370 g/mol. The van der Waals surface area contributed by atoms with E-state index < -0.39 is 6.04 Å². The van der Waals surface area contributed by atoms with Gasteiger partial charge in [0.15, 0.2) is 0 Å². The van der Waals surface area contributed by atoms with E-state index in [1.807, 2.05) is 24.0 Å². The molecule has 5 rings (SSSR count). The number of H-pyrrole nitrogens is 1. The first-order chi connectivity index (χ1) is 14.0. The number of aromatic amines is 1. The van der Waals surface area contributed by atoms with Crippen molar-refractivity contribution in [2.45, 2.75) is 63.8 Å². The molecule has 154 valence electrons. The van der Waals surface area contributed by atoms with Crippen LogP contribution < -0.4 is 10.9 Å². The molecule has 2 aliphatic carbocycles.